The number of nitrogens with zero attached hydrogens (tertiary/aromatic N) is 1. The number of hydrogen-bond acceptors (Lipinski definition) is 1. The van der Waals surface area contributed by atoms with Crippen LogP contribution in [0.2, 0.25) is 0 Å². The maximum Gasteiger partial charge on any atom is 0.127 e. The Kier molecular flexibility index (Phi) is 4.36. The molecule has 1 aromatic heterocycles. The van der Waals surface area contributed by atoms with Gasteiger partial charge in [-0.2, -0.15) is 0 Å². The van der Waals surface area contributed by atoms with Crippen molar-refractivity contribution >= 4 is 27.5 Å². The minimum Gasteiger partial charge on any atom is -0.261 e. The molecule has 0 aliphatic carbocycles. The topological polar surface area (TPSA) is 12.9 Å². The summed E-state index contributed by atoms with van der Waals surface area (Å²) in [5.74, 6) is -0.349. The van der Waals surface area contributed by atoms with Gasteiger partial charge in [0, 0.05) is 27.8 Å². The Hall–Kier alpha value is -0.930. The Morgan fingerprint density at radius 3 is 2.72 bits per heavy atom. The van der Waals surface area contributed by atoms with Crippen LogP contribution in [0.15, 0.2) is 47.1 Å². The van der Waals surface area contributed by atoms with Gasteiger partial charge in [0.05, 0.1) is 5.38 Å². The third kappa shape index (κ3) is 2.90. The molecule has 0 amide bonds. The molecule has 2 rings (SSSR count). The molecule has 2 atom stereocenters. The molecule has 2 aromatic rings. The van der Waals surface area contributed by atoms with Crippen LogP contribution >= 0.6 is 27.5 Å². The van der Waals surface area contributed by atoms with Gasteiger partial charge in [0.2, 0.25) is 0 Å². The second-order valence-electron chi connectivity index (χ2n) is 4.11. The van der Waals surface area contributed by atoms with Crippen LogP contribution < -0.4 is 0 Å². The summed E-state index contributed by atoms with van der Waals surface area (Å²) in [6.45, 7) is 1.94. The van der Waals surface area contributed by atoms with E-state index >= 15 is 0 Å². The summed E-state index contributed by atoms with van der Waals surface area (Å²) in [7, 11) is 0. The summed E-state index contributed by atoms with van der Waals surface area (Å²) in [6, 6.07) is 10.4. The molecule has 1 heterocycles. The highest BCUT2D eigenvalue weighted by atomic mass is 79.9. The molecule has 0 aliphatic rings. The lowest BCUT2D eigenvalue weighted by atomic mass is 9.96. The van der Waals surface area contributed by atoms with E-state index in [0.717, 1.165) is 10.2 Å². The zero-order valence-electron chi connectivity index (χ0n) is 9.78. The van der Waals surface area contributed by atoms with Crippen molar-refractivity contribution in [1.82, 2.24) is 4.98 Å². The molecule has 1 nitrogen and oxygen atoms in total. The maximum absolute atomic E-state index is 13.8. The molecule has 0 spiro atoms. The predicted octanol–water partition coefficient (Wildman–Crippen LogP) is 5.07. The lowest BCUT2D eigenvalue weighted by molar-refractivity contribution is 0.588. The molecule has 0 fully saturated rings. The van der Waals surface area contributed by atoms with Gasteiger partial charge in [0.25, 0.3) is 0 Å². The molecule has 0 saturated heterocycles. The van der Waals surface area contributed by atoms with E-state index in [1.165, 1.54) is 6.07 Å². The highest BCUT2D eigenvalue weighted by molar-refractivity contribution is 9.10. The number of halogens is 3. The largest absolute Gasteiger partial charge is 0.261 e. The maximum atomic E-state index is 13.8. The quantitative estimate of drug-likeness (QED) is 0.717. The van der Waals surface area contributed by atoms with Crippen molar-refractivity contribution in [2.24, 2.45) is 0 Å². The first-order chi connectivity index (χ1) is 8.59. The first-order valence-electron chi connectivity index (χ1n) is 5.59. The number of alkyl halides is 1. The molecule has 0 aliphatic heterocycles. The monoisotopic (exact) mass is 327 g/mol. The van der Waals surface area contributed by atoms with Crippen molar-refractivity contribution in [3.8, 4) is 0 Å². The summed E-state index contributed by atoms with van der Waals surface area (Å²) in [6.07, 6.45) is 1.71. The van der Waals surface area contributed by atoms with E-state index < -0.39 is 5.38 Å². The minimum atomic E-state index is -0.447. The first kappa shape index (κ1) is 13.5. The van der Waals surface area contributed by atoms with E-state index in [9.17, 15) is 4.39 Å². The van der Waals surface area contributed by atoms with Crippen LogP contribution in [0.25, 0.3) is 0 Å². The second-order valence-corrected chi connectivity index (χ2v) is 5.50. The van der Waals surface area contributed by atoms with Crippen molar-refractivity contribution in [1.29, 1.82) is 0 Å². The first-order valence-corrected chi connectivity index (χ1v) is 6.82. The van der Waals surface area contributed by atoms with Crippen molar-refractivity contribution in [2.45, 2.75) is 18.2 Å². The fraction of sp³-hybridized carbons (Fsp3) is 0.214. The standard InChI is InChI=1S/C14H12BrClFN/c1-9(13-4-2-3-7-18-13)14(16)11-8-10(15)5-6-12(11)17/h2-9,14H,1H3. The number of rotatable bonds is 3. The third-order valence-electron chi connectivity index (χ3n) is 2.85. The molecule has 0 bridgehead atoms. The molecule has 0 saturated carbocycles. The summed E-state index contributed by atoms with van der Waals surface area (Å²) in [5, 5.41) is -0.447. The summed E-state index contributed by atoms with van der Waals surface area (Å²) in [4.78, 5) is 4.26. The van der Waals surface area contributed by atoms with E-state index in [-0.39, 0.29) is 11.7 Å². The van der Waals surface area contributed by atoms with Crippen LogP contribution in [0.1, 0.15) is 29.5 Å². The Morgan fingerprint density at radius 1 is 1.28 bits per heavy atom. The van der Waals surface area contributed by atoms with Crippen molar-refractivity contribution in [3.63, 3.8) is 0 Å². The van der Waals surface area contributed by atoms with Crippen molar-refractivity contribution in [3.05, 3.63) is 64.1 Å². The van der Waals surface area contributed by atoms with Crippen LogP contribution in [-0.4, -0.2) is 4.98 Å². The van der Waals surface area contributed by atoms with Crippen LogP contribution in [0.4, 0.5) is 4.39 Å². The van der Waals surface area contributed by atoms with Gasteiger partial charge in [-0.3, -0.25) is 4.98 Å². The highest BCUT2D eigenvalue weighted by Gasteiger charge is 2.22. The van der Waals surface area contributed by atoms with Crippen molar-refractivity contribution in [2.75, 3.05) is 0 Å². The van der Waals surface area contributed by atoms with Crippen LogP contribution in [0.5, 0.6) is 0 Å². The summed E-state index contributed by atoms with van der Waals surface area (Å²) < 4.78 is 14.6. The number of pyridine rings is 1. The zero-order valence-corrected chi connectivity index (χ0v) is 12.1. The predicted molar refractivity (Wildman–Crippen MR) is 75.3 cm³/mol. The van der Waals surface area contributed by atoms with Gasteiger partial charge in [-0.25, -0.2) is 4.39 Å². The second kappa shape index (κ2) is 5.81. The molecular formula is C14H12BrClFN. The van der Waals surface area contributed by atoms with Gasteiger partial charge in [-0.15, -0.1) is 11.6 Å². The van der Waals surface area contributed by atoms with Crippen LogP contribution in [0, 0.1) is 5.82 Å². The van der Waals surface area contributed by atoms with E-state index in [4.69, 9.17) is 11.6 Å². The molecule has 0 radical (unpaired) electrons. The summed E-state index contributed by atoms with van der Waals surface area (Å²) in [5.41, 5.74) is 1.35. The summed E-state index contributed by atoms with van der Waals surface area (Å²) >= 11 is 9.70. The normalized spacial score (nSPS) is 14.2. The van der Waals surface area contributed by atoms with E-state index in [1.54, 1.807) is 18.3 Å². The Balaban J connectivity index is 2.31. The molecular weight excluding hydrogens is 317 g/mol. The van der Waals surface area contributed by atoms with E-state index in [1.807, 2.05) is 25.1 Å². The zero-order chi connectivity index (χ0) is 13.1. The molecule has 2 unspecified atom stereocenters. The van der Waals surface area contributed by atoms with Crippen LogP contribution in [-0.2, 0) is 0 Å². The van der Waals surface area contributed by atoms with Gasteiger partial charge < -0.3 is 0 Å². The van der Waals surface area contributed by atoms with E-state index in [0.29, 0.717) is 5.56 Å². The Morgan fingerprint density at radius 2 is 2.06 bits per heavy atom. The molecule has 4 heteroatoms. The average molecular weight is 329 g/mol. The Labute approximate surface area is 119 Å². The smallest absolute Gasteiger partial charge is 0.127 e. The number of benzene rings is 1. The Bertz CT molecular complexity index is 533. The highest BCUT2D eigenvalue weighted by Crippen LogP contribution is 2.37. The molecule has 94 valence electrons. The lowest BCUT2D eigenvalue weighted by Gasteiger charge is -2.18. The fourth-order valence-electron chi connectivity index (χ4n) is 1.79. The molecule has 0 N–H and O–H groups in total. The average Bonchev–Trinajstić information content (AvgIpc) is 2.41. The van der Waals surface area contributed by atoms with Gasteiger partial charge in [-0.05, 0) is 30.3 Å². The van der Waals surface area contributed by atoms with Gasteiger partial charge in [0.15, 0.2) is 0 Å². The lowest BCUT2D eigenvalue weighted by Crippen LogP contribution is -2.06. The third-order valence-corrected chi connectivity index (χ3v) is 3.95. The van der Waals surface area contributed by atoms with Crippen molar-refractivity contribution < 1.29 is 4.39 Å². The fourth-order valence-corrected chi connectivity index (χ4v) is 2.47. The van der Waals surface area contributed by atoms with Gasteiger partial charge >= 0.3 is 0 Å². The molecule has 18 heavy (non-hydrogen) atoms. The van der Waals surface area contributed by atoms with Crippen LogP contribution in [0.3, 0.4) is 0 Å². The molecule has 1 aromatic carbocycles. The van der Waals surface area contributed by atoms with Gasteiger partial charge in [-0.1, -0.05) is 28.9 Å². The minimum absolute atomic E-state index is 0.0586. The number of hydrogen-bond donors (Lipinski definition) is 0. The SMILES string of the molecule is CC(c1ccccn1)C(Cl)c1cc(Br)ccc1F. The number of aromatic nitrogens is 1. The van der Waals surface area contributed by atoms with Gasteiger partial charge in [0.1, 0.15) is 5.82 Å². The van der Waals surface area contributed by atoms with E-state index in [2.05, 4.69) is 20.9 Å².